The molecule has 106 valence electrons. The molecule has 0 unspecified atom stereocenters. The average molecular weight is 374 g/mol. The van der Waals surface area contributed by atoms with Crippen LogP contribution in [0.25, 0.3) is 0 Å². The van der Waals surface area contributed by atoms with E-state index in [2.05, 4.69) is 54.1 Å². The van der Waals surface area contributed by atoms with Gasteiger partial charge < -0.3 is 10.2 Å². The van der Waals surface area contributed by atoms with Crippen LogP contribution in [-0.2, 0) is 5.41 Å². The van der Waals surface area contributed by atoms with Crippen LogP contribution < -0.4 is 5.32 Å². The van der Waals surface area contributed by atoms with Gasteiger partial charge in [0.1, 0.15) is 0 Å². The number of nitrogens with one attached hydrogen (secondary N) is 1. The van der Waals surface area contributed by atoms with Gasteiger partial charge in [0.25, 0.3) is 0 Å². The van der Waals surface area contributed by atoms with E-state index in [4.69, 9.17) is 0 Å². The molecule has 0 bridgehead atoms. The monoisotopic (exact) mass is 374 g/mol. The van der Waals surface area contributed by atoms with Crippen molar-refractivity contribution >= 4 is 29.9 Å². The number of pyridine rings is 1. The molecule has 0 aromatic carbocycles. The van der Waals surface area contributed by atoms with Crippen LogP contribution in [0, 0.1) is 6.92 Å². The summed E-state index contributed by atoms with van der Waals surface area (Å²) in [5.74, 6) is 0.997. The summed E-state index contributed by atoms with van der Waals surface area (Å²) in [7, 11) is 2.07. The summed E-state index contributed by atoms with van der Waals surface area (Å²) in [5.41, 5.74) is 2.39. The van der Waals surface area contributed by atoms with Crippen molar-refractivity contribution in [2.24, 2.45) is 4.99 Å². The van der Waals surface area contributed by atoms with Gasteiger partial charge in [0.2, 0.25) is 0 Å². The second-order valence-corrected chi connectivity index (χ2v) is 5.53. The summed E-state index contributed by atoms with van der Waals surface area (Å²) >= 11 is 0. The molecule has 1 aromatic heterocycles. The number of aliphatic imine (C=N–C) groups is 1. The zero-order valence-electron chi connectivity index (χ0n) is 12.1. The number of guanidine groups is 1. The highest BCUT2D eigenvalue weighted by molar-refractivity contribution is 14.0. The van der Waals surface area contributed by atoms with E-state index in [0.717, 1.165) is 31.3 Å². The highest BCUT2D eigenvalue weighted by Gasteiger charge is 2.25. The lowest BCUT2D eigenvalue weighted by Crippen LogP contribution is -2.42. The van der Waals surface area contributed by atoms with Gasteiger partial charge in [0.15, 0.2) is 5.96 Å². The zero-order chi connectivity index (χ0) is 13.2. The van der Waals surface area contributed by atoms with Crippen molar-refractivity contribution in [3.63, 3.8) is 0 Å². The Balaban J connectivity index is 0.00000180. The van der Waals surface area contributed by atoms with E-state index in [0.29, 0.717) is 0 Å². The Labute approximate surface area is 132 Å². The van der Waals surface area contributed by atoms with Gasteiger partial charge >= 0.3 is 0 Å². The summed E-state index contributed by atoms with van der Waals surface area (Å²) in [6.07, 6.45) is 1.86. The van der Waals surface area contributed by atoms with Gasteiger partial charge in [0.05, 0.1) is 12.2 Å². The SMILES string of the molecule is Cc1cccnc1C(C)(C)CNC1=NCCN1C.I. The lowest BCUT2D eigenvalue weighted by atomic mass is 9.86. The first-order valence-corrected chi connectivity index (χ1v) is 6.42. The van der Waals surface area contributed by atoms with Gasteiger partial charge in [-0.2, -0.15) is 0 Å². The maximum absolute atomic E-state index is 4.52. The Bertz CT molecular complexity index is 457. The van der Waals surface area contributed by atoms with Crippen molar-refractivity contribution in [2.75, 3.05) is 26.7 Å². The maximum Gasteiger partial charge on any atom is 0.193 e. The smallest absolute Gasteiger partial charge is 0.193 e. The third kappa shape index (κ3) is 3.81. The number of nitrogens with zero attached hydrogens (tertiary/aromatic N) is 3. The van der Waals surface area contributed by atoms with Crippen molar-refractivity contribution < 1.29 is 0 Å². The van der Waals surface area contributed by atoms with Crippen molar-refractivity contribution in [3.8, 4) is 0 Å². The fourth-order valence-electron chi connectivity index (χ4n) is 2.30. The van der Waals surface area contributed by atoms with Crippen LogP contribution in [0.4, 0.5) is 0 Å². The first-order valence-electron chi connectivity index (χ1n) is 6.42. The summed E-state index contributed by atoms with van der Waals surface area (Å²) in [4.78, 5) is 11.1. The second-order valence-electron chi connectivity index (χ2n) is 5.53. The van der Waals surface area contributed by atoms with Crippen LogP contribution in [0.5, 0.6) is 0 Å². The largest absolute Gasteiger partial charge is 0.355 e. The molecule has 2 heterocycles. The minimum absolute atomic E-state index is 0. The highest BCUT2D eigenvalue weighted by atomic mass is 127. The molecule has 19 heavy (non-hydrogen) atoms. The van der Waals surface area contributed by atoms with E-state index in [1.54, 1.807) is 0 Å². The van der Waals surface area contributed by atoms with E-state index >= 15 is 0 Å². The number of aryl methyl sites for hydroxylation is 1. The molecule has 5 heteroatoms. The molecule has 2 rings (SSSR count). The molecule has 1 N–H and O–H groups in total. The summed E-state index contributed by atoms with van der Waals surface area (Å²) in [6, 6.07) is 4.10. The predicted molar refractivity (Wildman–Crippen MR) is 90.3 cm³/mol. The van der Waals surface area contributed by atoms with Gasteiger partial charge in [-0.3, -0.25) is 9.98 Å². The summed E-state index contributed by atoms with van der Waals surface area (Å²) in [6.45, 7) is 9.28. The first kappa shape index (κ1) is 16.2. The van der Waals surface area contributed by atoms with E-state index < -0.39 is 0 Å². The number of hydrogen-bond donors (Lipinski definition) is 1. The van der Waals surface area contributed by atoms with E-state index in [9.17, 15) is 0 Å². The topological polar surface area (TPSA) is 40.5 Å². The highest BCUT2D eigenvalue weighted by Crippen LogP contribution is 2.23. The quantitative estimate of drug-likeness (QED) is 0.825. The Kier molecular flexibility index (Phi) is 5.58. The molecule has 0 atom stereocenters. The summed E-state index contributed by atoms with van der Waals surface area (Å²) < 4.78 is 0. The second kappa shape index (κ2) is 6.54. The van der Waals surface area contributed by atoms with Crippen LogP contribution in [0.1, 0.15) is 25.1 Å². The Morgan fingerprint density at radius 1 is 1.42 bits per heavy atom. The first-order chi connectivity index (χ1) is 8.50. The Hall–Kier alpha value is -0.850. The lowest BCUT2D eigenvalue weighted by molar-refractivity contribution is 0.469. The molecule has 1 aliphatic rings. The van der Waals surface area contributed by atoms with Gasteiger partial charge in [-0.25, -0.2) is 0 Å². The van der Waals surface area contributed by atoms with Crippen molar-refractivity contribution in [2.45, 2.75) is 26.2 Å². The number of likely N-dealkylation sites (N-methyl/N-ethyl adjacent to an activating group) is 1. The fraction of sp³-hybridized carbons (Fsp3) is 0.571. The van der Waals surface area contributed by atoms with E-state index in [1.165, 1.54) is 5.56 Å². The minimum Gasteiger partial charge on any atom is -0.355 e. The summed E-state index contributed by atoms with van der Waals surface area (Å²) in [5, 5.41) is 3.43. The fourth-order valence-corrected chi connectivity index (χ4v) is 2.30. The maximum atomic E-state index is 4.52. The van der Waals surface area contributed by atoms with Crippen LogP contribution in [-0.4, -0.2) is 42.5 Å². The molecule has 0 amide bonds. The Morgan fingerprint density at radius 3 is 2.74 bits per heavy atom. The van der Waals surface area contributed by atoms with Crippen LogP contribution in [0.2, 0.25) is 0 Å². The standard InChI is InChI=1S/C14H22N4.HI/c1-11-6-5-7-15-12(11)14(2,3)10-17-13-16-8-9-18(13)4;/h5-7H,8-10H2,1-4H3,(H,16,17);1H. The van der Waals surface area contributed by atoms with Crippen molar-refractivity contribution in [1.82, 2.24) is 15.2 Å². The molecule has 0 saturated heterocycles. The molecule has 4 nitrogen and oxygen atoms in total. The van der Waals surface area contributed by atoms with Gasteiger partial charge in [-0.1, -0.05) is 19.9 Å². The van der Waals surface area contributed by atoms with Crippen LogP contribution in [0.15, 0.2) is 23.3 Å². The molecular formula is C14H23IN4. The third-order valence-corrected chi connectivity index (χ3v) is 3.40. The predicted octanol–water partition coefficient (Wildman–Crippen LogP) is 2.18. The molecular weight excluding hydrogens is 351 g/mol. The minimum atomic E-state index is -0.00269. The van der Waals surface area contributed by atoms with Gasteiger partial charge in [-0.05, 0) is 18.6 Å². The molecule has 0 fully saturated rings. The van der Waals surface area contributed by atoms with Crippen molar-refractivity contribution in [3.05, 3.63) is 29.6 Å². The zero-order valence-corrected chi connectivity index (χ0v) is 14.4. The molecule has 1 aromatic rings. The molecule has 1 aliphatic heterocycles. The number of aromatic nitrogens is 1. The van der Waals surface area contributed by atoms with E-state index in [1.807, 2.05) is 12.3 Å². The van der Waals surface area contributed by atoms with Crippen LogP contribution >= 0.6 is 24.0 Å². The number of rotatable bonds is 3. The number of halogens is 1. The van der Waals surface area contributed by atoms with E-state index in [-0.39, 0.29) is 29.4 Å². The lowest BCUT2D eigenvalue weighted by Gasteiger charge is -2.27. The average Bonchev–Trinajstić information content (AvgIpc) is 2.73. The Morgan fingerprint density at radius 2 is 2.16 bits per heavy atom. The van der Waals surface area contributed by atoms with Crippen molar-refractivity contribution in [1.29, 1.82) is 0 Å². The molecule has 0 saturated carbocycles. The van der Waals surface area contributed by atoms with Crippen LogP contribution in [0.3, 0.4) is 0 Å². The molecule has 0 spiro atoms. The third-order valence-electron chi connectivity index (χ3n) is 3.40. The van der Waals surface area contributed by atoms with Gasteiger partial charge in [0, 0.05) is 31.7 Å². The normalized spacial score (nSPS) is 14.9. The molecule has 0 aliphatic carbocycles. The number of hydrogen-bond acceptors (Lipinski definition) is 4. The molecule has 0 radical (unpaired) electrons. The van der Waals surface area contributed by atoms with Gasteiger partial charge in [-0.15, -0.1) is 24.0 Å².